The Bertz CT molecular complexity index is 704. The highest BCUT2D eigenvalue weighted by molar-refractivity contribution is 5.66. The molecule has 0 amide bonds. The van der Waals surface area contributed by atoms with Gasteiger partial charge in [0.15, 0.2) is 0 Å². The molecule has 7 heteroatoms. The summed E-state index contributed by atoms with van der Waals surface area (Å²) in [6.07, 6.45) is -0.120. The zero-order chi connectivity index (χ0) is 17.9. The molecule has 0 N–H and O–H groups in total. The zero-order valence-corrected chi connectivity index (χ0v) is 14.8. The Morgan fingerprint density at radius 3 is 2.77 bits per heavy atom. The number of ether oxygens (including phenoxy) is 6. The summed E-state index contributed by atoms with van der Waals surface area (Å²) in [4.78, 5) is 11.4. The van der Waals surface area contributed by atoms with Gasteiger partial charge in [0.2, 0.25) is 5.79 Å². The number of carbonyl (C=O) groups is 1. The van der Waals surface area contributed by atoms with E-state index in [9.17, 15) is 4.79 Å². The van der Waals surface area contributed by atoms with Gasteiger partial charge in [0.25, 0.3) is 0 Å². The molecule has 1 spiro atoms. The molecular weight excluding hydrogens is 340 g/mol. The monoisotopic (exact) mass is 362 g/mol. The van der Waals surface area contributed by atoms with Crippen LogP contribution in [0.2, 0.25) is 0 Å². The zero-order valence-electron chi connectivity index (χ0n) is 14.8. The van der Waals surface area contributed by atoms with Gasteiger partial charge in [-0.3, -0.25) is 4.79 Å². The van der Waals surface area contributed by atoms with Crippen molar-refractivity contribution in [2.24, 2.45) is 0 Å². The number of carbonyl (C=O) groups excluding carboxylic acids is 1. The predicted octanol–water partition coefficient (Wildman–Crippen LogP) is 1.74. The number of esters is 1. The van der Waals surface area contributed by atoms with E-state index >= 15 is 0 Å². The smallest absolute Gasteiger partial charge is 0.302 e. The summed E-state index contributed by atoms with van der Waals surface area (Å²) in [6, 6.07) is 7.83. The maximum absolute atomic E-state index is 11.4. The number of fused-ring (bicyclic) bond motifs is 2. The number of rotatable bonds is 3. The van der Waals surface area contributed by atoms with Crippen molar-refractivity contribution in [3.05, 3.63) is 29.8 Å². The standard InChI is InChI=1S/C19H22O7/c1-10(20)23-14-9-15-19(18-17(14)25-18)22-8-7-13(26-19)16(24-15)11-3-5-12(21-2)6-4-11/h3-6,13-18H,7-9H2,1-2H3/t13-,14-,15+,16+,17+,18+,19+/m1/s1. The first kappa shape index (κ1) is 16.5. The van der Waals surface area contributed by atoms with E-state index in [-0.39, 0.29) is 42.6 Å². The fraction of sp³-hybridized carbons (Fsp3) is 0.632. The van der Waals surface area contributed by atoms with E-state index in [1.807, 2.05) is 24.3 Å². The highest BCUT2D eigenvalue weighted by atomic mass is 16.8. The number of hydrogen-bond donors (Lipinski definition) is 0. The summed E-state index contributed by atoms with van der Waals surface area (Å²) >= 11 is 0. The Morgan fingerprint density at radius 2 is 2.04 bits per heavy atom. The van der Waals surface area contributed by atoms with Crippen LogP contribution >= 0.6 is 0 Å². The van der Waals surface area contributed by atoms with Gasteiger partial charge >= 0.3 is 5.97 Å². The van der Waals surface area contributed by atoms with Crippen molar-refractivity contribution in [1.29, 1.82) is 0 Å². The average Bonchev–Trinajstić information content (AvgIpc) is 3.45. The molecule has 2 bridgehead atoms. The fourth-order valence-electron chi connectivity index (χ4n) is 4.45. The second kappa shape index (κ2) is 5.92. The van der Waals surface area contributed by atoms with E-state index in [2.05, 4.69) is 0 Å². The molecule has 4 aliphatic rings. The molecule has 5 rings (SSSR count). The third-order valence-electron chi connectivity index (χ3n) is 5.66. The van der Waals surface area contributed by atoms with Crippen LogP contribution in [-0.4, -0.2) is 56.0 Å². The van der Waals surface area contributed by atoms with Gasteiger partial charge in [-0.15, -0.1) is 0 Å². The molecule has 0 unspecified atom stereocenters. The molecule has 4 fully saturated rings. The number of epoxide rings is 1. The second-order valence-electron chi connectivity index (χ2n) is 7.24. The molecule has 7 atom stereocenters. The van der Waals surface area contributed by atoms with Crippen LogP contribution in [0.1, 0.15) is 31.4 Å². The Labute approximate surface area is 151 Å². The highest BCUT2D eigenvalue weighted by Gasteiger charge is 2.72. The van der Waals surface area contributed by atoms with Gasteiger partial charge in [0.1, 0.15) is 36.3 Å². The largest absolute Gasteiger partial charge is 0.497 e. The second-order valence-corrected chi connectivity index (χ2v) is 7.24. The molecular formula is C19H22O7. The van der Waals surface area contributed by atoms with Crippen LogP contribution in [0.3, 0.4) is 0 Å². The van der Waals surface area contributed by atoms with E-state index in [4.69, 9.17) is 28.4 Å². The van der Waals surface area contributed by atoms with Crippen LogP contribution in [0.25, 0.3) is 0 Å². The van der Waals surface area contributed by atoms with E-state index in [1.54, 1.807) is 7.11 Å². The lowest BCUT2D eigenvalue weighted by Crippen LogP contribution is -2.66. The maximum Gasteiger partial charge on any atom is 0.302 e. The quantitative estimate of drug-likeness (QED) is 0.599. The van der Waals surface area contributed by atoms with Gasteiger partial charge in [0.05, 0.1) is 19.8 Å². The number of hydrogen-bond acceptors (Lipinski definition) is 7. The topological polar surface area (TPSA) is 75.8 Å². The first-order valence-electron chi connectivity index (χ1n) is 9.04. The van der Waals surface area contributed by atoms with Crippen molar-refractivity contribution in [2.75, 3.05) is 13.7 Å². The molecule has 140 valence electrons. The minimum absolute atomic E-state index is 0.0940. The summed E-state index contributed by atoms with van der Waals surface area (Å²) in [5, 5.41) is 0. The molecule has 7 nitrogen and oxygen atoms in total. The molecule has 1 aromatic rings. The molecule has 0 aromatic heterocycles. The molecule has 1 saturated carbocycles. The first-order chi connectivity index (χ1) is 12.6. The maximum atomic E-state index is 11.4. The SMILES string of the molecule is COc1ccc([C@@H]2O[C@H]3C[C@@H](OC(C)=O)[C@@H]4O[C@@H]4[C@]34OCC[C@H]2O4)cc1. The van der Waals surface area contributed by atoms with Crippen LogP contribution in [-0.2, 0) is 28.5 Å². The van der Waals surface area contributed by atoms with Gasteiger partial charge in [-0.2, -0.15) is 0 Å². The Kier molecular flexibility index (Phi) is 3.76. The summed E-state index contributed by atoms with van der Waals surface area (Å²) in [7, 11) is 1.64. The lowest BCUT2D eigenvalue weighted by molar-refractivity contribution is -0.404. The molecule has 0 radical (unpaired) electrons. The van der Waals surface area contributed by atoms with Crippen LogP contribution in [0, 0.1) is 0 Å². The molecule has 3 aliphatic heterocycles. The minimum atomic E-state index is -0.882. The van der Waals surface area contributed by atoms with Gasteiger partial charge < -0.3 is 28.4 Å². The van der Waals surface area contributed by atoms with Crippen molar-refractivity contribution >= 4 is 5.97 Å². The normalized spacial score (nSPS) is 43.0. The van der Waals surface area contributed by atoms with Crippen molar-refractivity contribution in [2.45, 2.75) is 62.2 Å². The predicted molar refractivity (Wildman–Crippen MR) is 87.6 cm³/mol. The van der Waals surface area contributed by atoms with E-state index in [0.29, 0.717) is 13.0 Å². The number of benzene rings is 1. The highest BCUT2D eigenvalue weighted by Crippen LogP contribution is 2.55. The third-order valence-corrected chi connectivity index (χ3v) is 5.66. The molecule has 26 heavy (non-hydrogen) atoms. The van der Waals surface area contributed by atoms with E-state index in [0.717, 1.165) is 17.7 Å². The van der Waals surface area contributed by atoms with Gasteiger partial charge in [-0.25, -0.2) is 0 Å². The average molecular weight is 362 g/mol. The molecule has 3 heterocycles. The van der Waals surface area contributed by atoms with Crippen LogP contribution in [0.15, 0.2) is 24.3 Å². The van der Waals surface area contributed by atoms with Gasteiger partial charge in [-0.1, -0.05) is 12.1 Å². The van der Waals surface area contributed by atoms with Gasteiger partial charge in [0, 0.05) is 19.8 Å². The Morgan fingerprint density at radius 1 is 1.23 bits per heavy atom. The van der Waals surface area contributed by atoms with E-state index in [1.165, 1.54) is 6.92 Å². The third kappa shape index (κ3) is 2.45. The molecule has 1 aromatic carbocycles. The Balaban J connectivity index is 1.42. The van der Waals surface area contributed by atoms with E-state index < -0.39 is 5.79 Å². The summed E-state index contributed by atoms with van der Waals surface area (Å²) < 4.78 is 35.3. The lowest BCUT2D eigenvalue weighted by Gasteiger charge is -2.53. The fourth-order valence-corrected chi connectivity index (χ4v) is 4.45. The van der Waals surface area contributed by atoms with Crippen molar-refractivity contribution in [3.8, 4) is 5.75 Å². The summed E-state index contributed by atoms with van der Waals surface area (Å²) in [6.45, 7) is 2.01. The minimum Gasteiger partial charge on any atom is -0.497 e. The van der Waals surface area contributed by atoms with Crippen molar-refractivity contribution in [1.82, 2.24) is 0 Å². The van der Waals surface area contributed by atoms with Crippen LogP contribution < -0.4 is 4.74 Å². The summed E-state index contributed by atoms with van der Waals surface area (Å²) in [5.41, 5.74) is 1.04. The van der Waals surface area contributed by atoms with Crippen LogP contribution in [0.4, 0.5) is 0 Å². The lowest BCUT2D eigenvalue weighted by atomic mass is 9.85. The van der Waals surface area contributed by atoms with Crippen molar-refractivity contribution in [3.63, 3.8) is 0 Å². The number of methoxy groups -OCH3 is 1. The first-order valence-corrected chi connectivity index (χ1v) is 9.04. The molecule has 3 saturated heterocycles. The van der Waals surface area contributed by atoms with Crippen molar-refractivity contribution < 1.29 is 33.2 Å². The Hall–Kier alpha value is -1.67. The van der Waals surface area contributed by atoms with Crippen LogP contribution in [0.5, 0.6) is 5.75 Å². The molecule has 1 aliphatic carbocycles. The van der Waals surface area contributed by atoms with Gasteiger partial charge in [-0.05, 0) is 17.7 Å². The summed E-state index contributed by atoms with van der Waals surface area (Å²) in [5.74, 6) is -0.396.